The van der Waals surface area contributed by atoms with E-state index in [-0.39, 0.29) is 25.5 Å². The van der Waals surface area contributed by atoms with E-state index in [0.717, 1.165) is 0 Å². The van der Waals surface area contributed by atoms with Crippen LogP contribution in [0.4, 0.5) is 0 Å². The summed E-state index contributed by atoms with van der Waals surface area (Å²) in [6, 6.07) is 4.49. The SMILES string of the molecule is NCC(O)COc1ccc(O)c(CO)c1. The summed E-state index contributed by atoms with van der Waals surface area (Å²) in [5, 5.41) is 27.3. The third kappa shape index (κ3) is 3.39. The Bertz CT molecular complexity index is 316. The highest BCUT2D eigenvalue weighted by Gasteiger charge is 2.05. The monoisotopic (exact) mass is 213 g/mol. The summed E-state index contributed by atoms with van der Waals surface area (Å²) in [6.07, 6.45) is -0.712. The molecule has 0 aliphatic rings. The summed E-state index contributed by atoms with van der Waals surface area (Å²) in [5.41, 5.74) is 5.59. The lowest BCUT2D eigenvalue weighted by Crippen LogP contribution is -2.26. The van der Waals surface area contributed by atoms with Crippen molar-refractivity contribution in [3.05, 3.63) is 23.8 Å². The van der Waals surface area contributed by atoms with Crippen LogP contribution in [0.1, 0.15) is 5.56 Å². The average Bonchev–Trinajstić information content (AvgIpc) is 2.27. The summed E-state index contributed by atoms with van der Waals surface area (Å²) in [6.45, 7) is -0.0421. The maximum Gasteiger partial charge on any atom is 0.121 e. The van der Waals surface area contributed by atoms with Crippen molar-refractivity contribution in [2.24, 2.45) is 5.73 Å². The van der Waals surface area contributed by atoms with Crippen LogP contribution >= 0.6 is 0 Å². The summed E-state index contributed by atoms with van der Waals surface area (Å²) < 4.78 is 5.20. The number of rotatable bonds is 5. The number of benzene rings is 1. The van der Waals surface area contributed by atoms with E-state index in [0.29, 0.717) is 11.3 Å². The highest BCUT2D eigenvalue weighted by molar-refractivity contribution is 5.38. The van der Waals surface area contributed by atoms with E-state index in [2.05, 4.69) is 0 Å². The molecule has 84 valence electrons. The Kier molecular flexibility index (Phi) is 4.36. The predicted octanol–water partition coefficient (Wildman–Crippen LogP) is -0.417. The molecule has 0 aliphatic carbocycles. The number of ether oxygens (including phenoxy) is 1. The molecule has 0 saturated carbocycles. The lowest BCUT2D eigenvalue weighted by molar-refractivity contribution is 0.114. The first-order valence-corrected chi connectivity index (χ1v) is 4.61. The zero-order valence-electron chi connectivity index (χ0n) is 8.26. The smallest absolute Gasteiger partial charge is 0.121 e. The van der Waals surface area contributed by atoms with Crippen molar-refractivity contribution in [2.75, 3.05) is 13.2 Å². The van der Waals surface area contributed by atoms with Gasteiger partial charge in [-0.15, -0.1) is 0 Å². The van der Waals surface area contributed by atoms with Gasteiger partial charge in [-0.2, -0.15) is 0 Å². The standard InChI is InChI=1S/C10H15NO4/c11-4-8(13)6-15-9-1-2-10(14)7(3-9)5-12/h1-3,8,12-14H,4-6,11H2. The number of hydrogen-bond acceptors (Lipinski definition) is 5. The molecule has 1 rings (SSSR count). The van der Waals surface area contributed by atoms with Crippen molar-refractivity contribution in [3.8, 4) is 11.5 Å². The first-order valence-electron chi connectivity index (χ1n) is 4.61. The maximum absolute atomic E-state index is 9.27. The van der Waals surface area contributed by atoms with Gasteiger partial charge in [0.25, 0.3) is 0 Å². The second-order valence-electron chi connectivity index (χ2n) is 3.15. The average molecular weight is 213 g/mol. The Morgan fingerprint density at radius 3 is 2.73 bits per heavy atom. The maximum atomic E-state index is 9.27. The number of nitrogens with two attached hydrogens (primary N) is 1. The van der Waals surface area contributed by atoms with Gasteiger partial charge in [0.05, 0.1) is 6.61 Å². The zero-order valence-corrected chi connectivity index (χ0v) is 8.26. The molecule has 5 N–H and O–H groups in total. The van der Waals surface area contributed by atoms with E-state index in [1.807, 2.05) is 0 Å². The van der Waals surface area contributed by atoms with Crippen LogP contribution in [0.3, 0.4) is 0 Å². The second kappa shape index (κ2) is 5.55. The molecule has 15 heavy (non-hydrogen) atoms. The van der Waals surface area contributed by atoms with Gasteiger partial charge >= 0.3 is 0 Å². The van der Waals surface area contributed by atoms with Gasteiger partial charge in [-0.3, -0.25) is 0 Å². The topological polar surface area (TPSA) is 95.9 Å². The van der Waals surface area contributed by atoms with Crippen LogP contribution in [0.5, 0.6) is 11.5 Å². The van der Waals surface area contributed by atoms with Crippen LogP contribution in [-0.4, -0.2) is 34.6 Å². The number of aromatic hydroxyl groups is 1. The predicted molar refractivity (Wildman–Crippen MR) is 54.6 cm³/mol. The number of hydrogen-bond donors (Lipinski definition) is 4. The molecule has 0 spiro atoms. The number of aliphatic hydroxyl groups is 2. The van der Waals surface area contributed by atoms with Gasteiger partial charge in [-0.25, -0.2) is 0 Å². The molecule has 5 heteroatoms. The van der Waals surface area contributed by atoms with Gasteiger partial charge in [-0.05, 0) is 18.2 Å². The lowest BCUT2D eigenvalue weighted by Gasteiger charge is -2.11. The highest BCUT2D eigenvalue weighted by Crippen LogP contribution is 2.22. The van der Waals surface area contributed by atoms with Crippen LogP contribution < -0.4 is 10.5 Å². The van der Waals surface area contributed by atoms with E-state index in [1.165, 1.54) is 12.1 Å². The Morgan fingerprint density at radius 2 is 2.13 bits per heavy atom. The minimum absolute atomic E-state index is 0.0178. The quantitative estimate of drug-likeness (QED) is 0.533. The van der Waals surface area contributed by atoms with Gasteiger partial charge in [0.1, 0.15) is 24.2 Å². The fourth-order valence-electron chi connectivity index (χ4n) is 1.04. The van der Waals surface area contributed by atoms with E-state index >= 15 is 0 Å². The van der Waals surface area contributed by atoms with Gasteiger partial charge in [-0.1, -0.05) is 0 Å². The van der Waals surface area contributed by atoms with Gasteiger partial charge in [0, 0.05) is 12.1 Å². The first kappa shape index (κ1) is 11.8. The Morgan fingerprint density at radius 1 is 1.40 bits per heavy atom. The van der Waals surface area contributed by atoms with Crippen molar-refractivity contribution >= 4 is 0 Å². The van der Waals surface area contributed by atoms with Crippen molar-refractivity contribution in [3.63, 3.8) is 0 Å². The molecule has 5 nitrogen and oxygen atoms in total. The zero-order chi connectivity index (χ0) is 11.3. The molecule has 0 bridgehead atoms. The normalized spacial score (nSPS) is 12.5. The molecule has 1 aromatic rings. The molecule has 0 heterocycles. The fraction of sp³-hybridized carbons (Fsp3) is 0.400. The van der Waals surface area contributed by atoms with Crippen LogP contribution in [0.15, 0.2) is 18.2 Å². The van der Waals surface area contributed by atoms with Crippen molar-refractivity contribution in [1.82, 2.24) is 0 Å². The summed E-state index contributed by atoms with van der Waals surface area (Å²) in [4.78, 5) is 0. The Balaban J connectivity index is 2.62. The van der Waals surface area contributed by atoms with Crippen LogP contribution in [-0.2, 0) is 6.61 Å². The van der Waals surface area contributed by atoms with Crippen molar-refractivity contribution in [2.45, 2.75) is 12.7 Å². The minimum atomic E-state index is -0.712. The first-order chi connectivity index (χ1) is 7.17. The molecule has 0 aliphatic heterocycles. The van der Waals surface area contributed by atoms with E-state index in [9.17, 15) is 5.11 Å². The van der Waals surface area contributed by atoms with E-state index in [1.54, 1.807) is 6.07 Å². The summed E-state index contributed by atoms with van der Waals surface area (Å²) in [5.74, 6) is 0.494. The summed E-state index contributed by atoms with van der Waals surface area (Å²) in [7, 11) is 0. The fourth-order valence-corrected chi connectivity index (χ4v) is 1.04. The molecule has 1 aromatic carbocycles. The van der Waals surface area contributed by atoms with E-state index in [4.69, 9.17) is 20.7 Å². The Labute approximate surface area is 87.7 Å². The van der Waals surface area contributed by atoms with Crippen molar-refractivity contribution in [1.29, 1.82) is 0 Å². The third-order valence-corrected chi connectivity index (χ3v) is 1.94. The van der Waals surface area contributed by atoms with Gasteiger partial charge < -0.3 is 25.8 Å². The third-order valence-electron chi connectivity index (χ3n) is 1.94. The molecule has 0 fully saturated rings. The van der Waals surface area contributed by atoms with Gasteiger partial charge in [0.2, 0.25) is 0 Å². The van der Waals surface area contributed by atoms with Crippen LogP contribution in [0.2, 0.25) is 0 Å². The number of aliphatic hydroxyl groups excluding tert-OH is 2. The molecule has 1 unspecified atom stereocenters. The second-order valence-corrected chi connectivity index (χ2v) is 3.15. The largest absolute Gasteiger partial charge is 0.508 e. The summed E-state index contributed by atoms with van der Waals surface area (Å²) >= 11 is 0. The van der Waals surface area contributed by atoms with Gasteiger partial charge in [0.15, 0.2) is 0 Å². The van der Waals surface area contributed by atoms with E-state index < -0.39 is 6.10 Å². The molecule has 0 saturated heterocycles. The molecule has 1 atom stereocenters. The molecule has 0 amide bonds. The van der Waals surface area contributed by atoms with Crippen LogP contribution in [0, 0.1) is 0 Å². The molecule has 0 aromatic heterocycles. The Hall–Kier alpha value is -1.30. The molecular weight excluding hydrogens is 198 g/mol. The lowest BCUT2D eigenvalue weighted by atomic mass is 10.2. The van der Waals surface area contributed by atoms with Crippen LogP contribution in [0.25, 0.3) is 0 Å². The highest BCUT2D eigenvalue weighted by atomic mass is 16.5. The minimum Gasteiger partial charge on any atom is -0.508 e. The number of phenols is 1. The molecular formula is C10H15NO4. The van der Waals surface area contributed by atoms with Crippen molar-refractivity contribution < 1.29 is 20.1 Å². The molecule has 0 radical (unpaired) electrons.